The lowest BCUT2D eigenvalue weighted by molar-refractivity contribution is -0.130. The highest BCUT2D eigenvalue weighted by atomic mass is 32.2. The monoisotopic (exact) mass is 418 g/mol. The number of anilines is 1. The zero-order chi connectivity index (χ0) is 20.9. The summed E-state index contributed by atoms with van der Waals surface area (Å²) in [6.45, 7) is 11.5. The highest BCUT2D eigenvalue weighted by molar-refractivity contribution is 7.99. The van der Waals surface area contributed by atoms with Gasteiger partial charge in [0.1, 0.15) is 5.54 Å². The minimum Gasteiger partial charge on any atom is -0.368 e. The van der Waals surface area contributed by atoms with E-state index >= 15 is 0 Å². The molecule has 1 N–H and O–H groups in total. The molecule has 0 aromatic heterocycles. The van der Waals surface area contributed by atoms with Crippen LogP contribution in [-0.4, -0.2) is 72.3 Å². The minimum atomic E-state index is -0.765. The predicted octanol–water partition coefficient (Wildman–Crippen LogP) is 3.42. The molecule has 6 nitrogen and oxygen atoms in total. The number of para-hydroxylation sites is 1. The van der Waals surface area contributed by atoms with E-state index < -0.39 is 5.54 Å². The van der Waals surface area contributed by atoms with Crippen molar-refractivity contribution in [2.24, 2.45) is 0 Å². The van der Waals surface area contributed by atoms with Gasteiger partial charge in [0.15, 0.2) is 0 Å². The Kier molecular flexibility index (Phi) is 7.46. The number of carbonyl (C=O) groups excluding carboxylic acids is 2. The van der Waals surface area contributed by atoms with Gasteiger partial charge >= 0.3 is 6.03 Å². The summed E-state index contributed by atoms with van der Waals surface area (Å²) in [7, 11) is 0. The molecule has 0 spiro atoms. The SMILES string of the molecule is CCCSc1ccccc1N1CCN(CCCCN2C(=O)NC(C)(C)C2=O)CC1. The number of rotatable bonds is 9. The molecule has 29 heavy (non-hydrogen) atoms. The third kappa shape index (κ3) is 5.45. The molecule has 3 rings (SSSR count). The Balaban J connectivity index is 1.40. The second-order valence-electron chi connectivity index (χ2n) is 8.36. The molecule has 0 unspecified atom stereocenters. The van der Waals surface area contributed by atoms with E-state index in [1.54, 1.807) is 13.8 Å². The maximum absolute atomic E-state index is 12.2. The molecule has 0 saturated carbocycles. The lowest BCUT2D eigenvalue weighted by Crippen LogP contribution is -2.46. The summed E-state index contributed by atoms with van der Waals surface area (Å²) in [5.41, 5.74) is 0.603. The third-order valence-electron chi connectivity index (χ3n) is 5.59. The standard InChI is InChI=1S/C22H34N4O2S/c1-4-17-29-19-10-6-5-9-18(19)25-15-13-24(14-16-25)11-7-8-12-26-20(27)22(2,3)23-21(26)28/h5-6,9-10H,4,7-8,11-17H2,1-3H3,(H,23,28). The van der Waals surface area contributed by atoms with E-state index in [9.17, 15) is 9.59 Å². The number of benzene rings is 1. The lowest BCUT2D eigenvalue weighted by Gasteiger charge is -2.37. The van der Waals surface area contributed by atoms with E-state index in [0.717, 1.165) is 51.3 Å². The van der Waals surface area contributed by atoms with Gasteiger partial charge < -0.3 is 10.2 Å². The van der Waals surface area contributed by atoms with Crippen molar-refractivity contribution < 1.29 is 9.59 Å². The van der Waals surface area contributed by atoms with Crippen molar-refractivity contribution in [3.8, 4) is 0 Å². The molecule has 1 aromatic rings. The fourth-order valence-corrected chi connectivity index (χ4v) is 4.84. The normalized spacial score (nSPS) is 19.7. The molecule has 1 aromatic carbocycles. The number of unbranched alkanes of at least 4 members (excludes halogenated alkanes) is 1. The number of hydrogen-bond donors (Lipinski definition) is 1. The van der Waals surface area contributed by atoms with Gasteiger partial charge in [-0.25, -0.2) is 4.79 Å². The van der Waals surface area contributed by atoms with E-state index in [-0.39, 0.29) is 11.9 Å². The smallest absolute Gasteiger partial charge is 0.325 e. The first-order valence-electron chi connectivity index (χ1n) is 10.8. The van der Waals surface area contributed by atoms with Crippen molar-refractivity contribution in [2.75, 3.05) is 49.9 Å². The zero-order valence-corrected chi connectivity index (χ0v) is 18.8. The van der Waals surface area contributed by atoms with Crippen LogP contribution in [0.2, 0.25) is 0 Å². The fourth-order valence-electron chi connectivity index (χ4n) is 3.89. The third-order valence-corrected chi connectivity index (χ3v) is 6.86. The van der Waals surface area contributed by atoms with E-state index in [1.807, 2.05) is 11.8 Å². The van der Waals surface area contributed by atoms with Crippen LogP contribution >= 0.6 is 11.8 Å². The van der Waals surface area contributed by atoms with E-state index in [1.165, 1.54) is 21.9 Å². The van der Waals surface area contributed by atoms with Crippen LogP contribution in [0.4, 0.5) is 10.5 Å². The van der Waals surface area contributed by atoms with Crippen LogP contribution in [0.5, 0.6) is 0 Å². The van der Waals surface area contributed by atoms with Crippen LogP contribution in [-0.2, 0) is 4.79 Å². The molecular weight excluding hydrogens is 384 g/mol. The van der Waals surface area contributed by atoms with Gasteiger partial charge in [0.2, 0.25) is 0 Å². The van der Waals surface area contributed by atoms with E-state index in [4.69, 9.17) is 0 Å². The summed E-state index contributed by atoms with van der Waals surface area (Å²) in [5, 5.41) is 2.74. The van der Waals surface area contributed by atoms with Crippen molar-refractivity contribution in [2.45, 2.75) is 50.5 Å². The van der Waals surface area contributed by atoms with E-state index in [0.29, 0.717) is 6.54 Å². The molecule has 2 aliphatic rings. The molecule has 0 atom stereocenters. The average molecular weight is 419 g/mol. The topological polar surface area (TPSA) is 55.9 Å². The lowest BCUT2D eigenvalue weighted by atomic mass is 10.1. The van der Waals surface area contributed by atoms with Crippen molar-refractivity contribution in [1.29, 1.82) is 0 Å². The number of thioether (sulfide) groups is 1. The average Bonchev–Trinajstić information content (AvgIpc) is 2.91. The predicted molar refractivity (Wildman–Crippen MR) is 120 cm³/mol. The van der Waals surface area contributed by atoms with Gasteiger partial charge in [-0.3, -0.25) is 14.6 Å². The summed E-state index contributed by atoms with van der Waals surface area (Å²) >= 11 is 1.95. The van der Waals surface area contributed by atoms with Crippen molar-refractivity contribution >= 4 is 29.4 Å². The Morgan fingerprint density at radius 3 is 2.38 bits per heavy atom. The molecule has 0 radical (unpaired) electrons. The number of piperazine rings is 1. The summed E-state index contributed by atoms with van der Waals surface area (Å²) < 4.78 is 0. The highest BCUT2D eigenvalue weighted by Crippen LogP contribution is 2.31. The molecule has 0 bridgehead atoms. The fraction of sp³-hybridized carbons (Fsp3) is 0.636. The second kappa shape index (κ2) is 9.85. The number of imide groups is 1. The van der Waals surface area contributed by atoms with Gasteiger partial charge in [0.25, 0.3) is 5.91 Å². The van der Waals surface area contributed by atoms with Crippen LogP contribution in [0, 0.1) is 0 Å². The van der Waals surface area contributed by atoms with Crippen molar-refractivity contribution in [3.05, 3.63) is 24.3 Å². The molecule has 7 heteroatoms. The quantitative estimate of drug-likeness (QED) is 0.378. The summed E-state index contributed by atoms with van der Waals surface area (Å²) in [5.74, 6) is 1.04. The summed E-state index contributed by atoms with van der Waals surface area (Å²) in [6.07, 6.45) is 3.04. The molecule has 160 valence electrons. The van der Waals surface area contributed by atoms with Crippen molar-refractivity contribution in [3.63, 3.8) is 0 Å². The first-order valence-corrected chi connectivity index (χ1v) is 11.7. The maximum Gasteiger partial charge on any atom is 0.325 e. The Morgan fingerprint density at radius 1 is 1.03 bits per heavy atom. The molecule has 0 aliphatic carbocycles. The van der Waals surface area contributed by atoms with Crippen LogP contribution < -0.4 is 10.2 Å². The first-order chi connectivity index (χ1) is 13.9. The van der Waals surface area contributed by atoms with Gasteiger partial charge in [-0.05, 0) is 57.5 Å². The van der Waals surface area contributed by atoms with Gasteiger partial charge in [-0.15, -0.1) is 11.8 Å². The van der Waals surface area contributed by atoms with Gasteiger partial charge in [0.05, 0.1) is 5.69 Å². The second-order valence-corrected chi connectivity index (χ2v) is 9.50. The Labute approximate surface area is 179 Å². The molecule has 2 heterocycles. The molecule has 2 saturated heterocycles. The summed E-state index contributed by atoms with van der Waals surface area (Å²) in [4.78, 5) is 31.9. The molecule has 2 aliphatic heterocycles. The van der Waals surface area contributed by atoms with Crippen LogP contribution in [0.1, 0.15) is 40.0 Å². The Hall–Kier alpha value is -1.73. The highest BCUT2D eigenvalue weighted by Gasteiger charge is 2.43. The number of carbonyl (C=O) groups is 2. The van der Waals surface area contributed by atoms with Crippen LogP contribution in [0.25, 0.3) is 0 Å². The Morgan fingerprint density at radius 2 is 1.72 bits per heavy atom. The minimum absolute atomic E-state index is 0.115. The molecule has 3 amide bonds. The van der Waals surface area contributed by atoms with Gasteiger partial charge in [-0.1, -0.05) is 19.1 Å². The van der Waals surface area contributed by atoms with E-state index in [2.05, 4.69) is 46.3 Å². The van der Waals surface area contributed by atoms with Crippen molar-refractivity contribution in [1.82, 2.24) is 15.1 Å². The molecule has 2 fully saturated rings. The number of urea groups is 1. The first kappa shape index (κ1) is 22.0. The summed E-state index contributed by atoms with van der Waals surface area (Å²) in [6, 6.07) is 8.49. The molecular formula is C22H34N4O2S. The number of amides is 3. The van der Waals surface area contributed by atoms with Crippen LogP contribution in [0.15, 0.2) is 29.2 Å². The Bertz CT molecular complexity index is 717. The number of hydrogen-bond acceptors (Lipinski definition) is 5. The zero-order valence-electron chi connectivity index (χ0n) is 17.9. The number of nitrogens with zero attached hydrogens (tertiary/aromatic N) is 3. The van der Waals surface area contributed by atoms with Gasteiger partial charge in [0, 0.05) is 37.6 Å². The maximum atomic E-state index is 12.2. The van der Waals surface area contributed by atoms with Crippen LogP contribution in [0.3, 0.4) is 0 Å². The van der Waals surface area contributed by atoms with Gasteiger partial charge in [-0.2, -0.15) is 0 Å². The largest absolute Gasteiger partial charge is 0.368 e. The number of nitrogens with one attached hydrogen (secondary N) is 1.